The molecular weight excluding hydrogens is 242 g/mol. The van der Waals surface area contributed by atoms with Crippen LogP contribution < -0.4 is 5.32 Å². The summed E-state index contributed by atoms with van der Waals surface area (Å²) in [5.41, 5.74) is 1.37. The van der Waals surface area contributed by atoms with Crippen molar-refractivity contribution in [1.29, 1.82) is 0 Å². The molecule has 20 heavy (non-hydrogen) atoms. The van der Waals surface area contributed by atoms with Gasteiger partial charge >= 0.3 is 0 Å². The van der Waals surface area contributed by atoms with E-state index in [1.54, 1.807) is 0 Å². The minimum Gasteiger partial charge on any atom is -0.307 e. The van der Waals surface area contributed by atoms with Crippen LogP contribution >= 0.6 is 0 Å². The second-order valence-corrected chi connectivity index (χ2v) is 5.72. The second kappa shape index (κ2) is 10.7. The van der Waals surface area contributed by atoms with Crippen molar-refractivity contribution in [3.05, 3.63) is 48.6 Å². The lowest BCUT2D eigenvalue weighted by Gasteiger charge is -2.23. The minimum atomic E-state index is 0.414. The van der Waals surface area contributed by atoms with E-state index in [0.717, 1.165) is 6.42 Å². The highest BCUT2D eigenvalue weighted by atomic mass is 14.9. The lowest BCUT2D eigenvalue weighted by molar-refractivity contribution is 0.415. The Labute approximate surface area is 125 Å². The highest BCUT2D eigenvalue weighted by molar-refractivity contribution is 5.18. The van der Waals surface area contributed by atoms with Gasteiger partial charge in [-0.05, 0) is 25.3 Å². The summed E-state index contributed by atoms with van der Waals surface area (Å²) in [4.78, 5) is 0. The largest absolute Gasteiger partial charge is 0.307 e. The molecule has 0 spiro atoms. The van der Waals surface area contributed by atoms with Crippen molar-refractivity contribution >= 4 is 0 Å². The van der Waals surface area contributed by atoms with Gasteiger partial charge in [0.25, 0.3) is 0 Å². The molecule has 0 saturated heterocycles. The van der Waals surface area contributed by atoms with Crippen LogP contribution in [0, 0.1) is 0 Å². The molecule has 0 aliphatic carbocycles. The summed E-state index contributed by atoms with van der Waals surface area (Å²) in [6, 6.07) is 11.7. The van der Waals surface area contributed by atoms with Crippen LogP contribution in [-0.4, -0.2) is 6.04 Å². The fraction of sp³-hybridized carbons (Fsp3) is 0.579. The van der Waals surface area contributed by atoms with E-state index in [4.69, 9.17) is 0 Å². The quantitative estimate of drug-likeness (QED) is 0.406. The zero-order chi connectivity index (χ0) is 14.6. The molecule has 1 aromatic rings. The molecule has 0 aliphatic heterocycles. The minimum absolute atomic E-state index is 0.414. The first-order chi connectivity index (χ1) is 9.77. The Kier molecular flexibility index (Phi) is 9.06. The molecule has 2 atom stereocenters. The van der Waals surface area contributed by atoms with Crippen LogP contribution in [0.25, 0.3) is 0 Å². The molecule has 1 N–H and O–H groups in total. The maximum atomic E-state index is 3.90. The van der Waals surface area contributed by atoms with Gasteiger partial charge in [0.2, 0.25) is 0 Å². The third kappa shape index (κ3) is 6.91. The molecule has 0 fully saturated rings. The zero-order valence-corrected chi connectivity index (χ0v) is 13.3. The van der Waals surface area contributed by atoms with E-state index in [0.29, 0.717) is 12.1 Å². The normalized spacial score (nSPS) is 13.9. The highest BCUT2D eigenvalue weighted by Gasteiger charge is 2.11. The summed E-state index contributed by atoms with van der Waals surface area (Å²) in [7, 11) is 0. The van der Waals surface area contributed by atoms with E-state index in [2.05, 4.69) is 56.1 Å². The van der Waals surface area contributed by atoms with Gasteiger partial charge in [-0.3, -0.25) is 0 Å². The lowest BCUT2D eigenvalue weighted by Crippen LogP contribution is -2.31. The van der Waals surface area contributed by atoms with Crippen molar-refractivity contribution in [2.75, 3.05) is 0 Å². The van der Waals surface area contributed by atoms with E-state index in [-0.39, 0.29) is 0 Å². The summed E-state index contributed by atoms with van der Waals surface area (Å²) in [6.45, 7) is 8.42. The lowest BCUT2D eigenvalue weighted by atomic mass is 10.0. The van der Waals surface area contributed by atoms with Gasteiger partial charge in [0.1, 0.15) is 0 Å². The number of hydrogen-bond donors (Lipinski definition) is 1. The Bertz CT molecular complexity index is 344. The van der Waals surface area contributed by atoms with Crippen LogP contribution in [0.1, 0.15) is 70.4 Å². The summed E-state index contributed by atoms with van der Waals surface area (Å²) in [5.74, 6) is 0. The van der Waals surface area contributed by atoms with Crippen molar-refractivity contribution in [2.24, 2.45) is 0 Å². The number of rotatable bonds is 11. The Morgan fingerprint density at radius 3 is 2.45 bits per heavy atom. The monoisotopic (exact) mass is 273 g/mol. The zero-order valence-electron chi connectivity index (χ0n) is 13.3. The van der Waals surface area contributed by atoms with E-state index >= 15 is 0 Å². The molecule has 1 rings (SSSR count). The Balaban J connectivity index is 2.36. The van der Waals surface area contributed by atoms with Gasteiger partial charge in [0, 0.05) is 12.1 Å². The molecule has 112 valence electrons. The van der Waals surface area contributed by atoms with Gasteiger partial charge in [0.15, 0.2) is 0 Å². The number of nitrogens with one attached hydrogen (secondary N) is 1. The summed E-state index contributed by atoms with van der Waals surface area (Å²) in [5, 5.41) is 3.75. The first-order valence-electron chi connectivity index (χ1n) is 8.19. The van der Waals surface area contributed by atoms with Crippen molar-refractivity contribution in [1.82, 2.24) is 5.32 Å². The molecule has 0 heterocycles. The topological polar surface area (TPSA) is 12.0 Å². The Morgan fingerprint density at radius 2 is 1.80 bits per heavy atom. The SMILES string of the molecule is C=CCC(CCCCCCC)NC(C)c1ccccc1. The maximum absolute atomic E-state index is 3.90. The van der Waals surface area contributed by atoms with Gasteiger partial charge in [-0.1, -0.05) is 75.4 Å². The van der Waals surface area contributed by atoms with Crippen molar-refractivity contribution < 1.29 is 0 Å². The van der Waals surface area contributed by atoms with Crippen LogP contribution in [0.3, 0.4) is 0 Å². The average Bonchev–Trinajstić information content (AvgIpc) is 2.48. The molecule has 0 amide bonds. The third-order valence-corrected chi connectivity index (χ3v) is 3.89. The summed E-state index contributed by atoms with van der Waals surface area (Å²) < 4.78 is 0. The van der Waals surface area contributed by atoms with Crippen LogP contribution in [0.15, 0.2) is 43.0 Å². The molecule has 1 aromatic carbocycles. The number of benzene rings is 1. The van der Waals surface area contributed by atoms with Crippen molar-refractivity contribution in [3.63, 3.8) is 0 Å². The Hall–Kier alpha value is -1.08. The number of unbranched alkanes of at least 4 members (excludes halogenated alkanes) is 4. The molecule has 0 bridgehead atoms. The highest BCUT2D eigenvalue weighted by Crippen LogP contribution is 2.16. The fourth-order valence-electron chi connectivity index (χ4n) is 2.66. The molecule has 1 nitrogen and oxygen atoms in total. The van der Waals surface area contributed by atoms with Gasteiger partial charge in [-0.25, -0.2) is 0 Å². The standard InChI is InChI=1S/C19H31N/c1-4-6-7-8-12-16-19(13-5-2)20-17(3)18-14-10-9-11-15-18/h5,9-11,14-15,17,19-20H,2,4,6-8,12-13,16H2,1,3H3. The maximum Gasteiger partial charge on any atom is 0.0294 e. The van der Waals surface area contributed by atoms with Crippen LogP contribution in [0.2, 0.25) is 0 Å². The Morgan fingerprint density at radius 1 is 1.10 bits per heavy atom. The molecule has 0 aromatic heterocycles. The van der Waals surface area contributed by atoms with Gasteiger partial charge < -0.3 is 5.32 Å². The van der Waals surface area contributed by atoms with E-state index in [1.165, 1.54) is 44.1 Å². The first-order valence-corrected chi connectivity index (χ1v) is 8.19. The molecule has 1 heteroatoms. The van der Waals surface area contributed by atoms with Crippen LogP contribution in [0.4, 0.5) is 0 Å². The third-order valence-electron chi connectivity index (χ3n) is 3.89. The van der Waals surface area contributed by atoms with Crippen LogP contribution in [0.5, 0.6) is 0 Å². The van der Waals surface area contributed by atoms with Crippen LogP contribution in [-0.2, 0) is 0 Å². The van der Waals surface area contributed by atoms with Crippen molar-refractivity contribution in [3.8, 4) is 0 Å². The average molecular weight is 273 g/mol. The van der Waals surface area contributed by atoms with Crippen molar-refractivity contribution in [2.45, 2.75) is 70.9 Å². The predicted octanol–water partition coefficient (Wildman–Crippen LogP) is 5.64. The first kappa shape index (κ1) is 17.0. The van der Waals surface area contributed by atoms with E-state index in [1.807, 2.05) is 6.08 Å². The number of hydrogen-bond acceptors (Lipinski definition) is 1. The molecule has 2 unspecified atom stereocenters. The predicted molar refractivity (Wildman–Crippen MR) is 90.0 cm³/mol. The van der Waals surface area contributed by atoms with E-state index < -0.39 is 0 Å². The van der Waals surface area contributed by atoms with Gasteiger partial charge in [-0.2, -0.15) is 0 Å². The second-order valence-electron chi connectivity index (χ2n) is 5.72. The smallest absolute Gasteiger partial charge is 0.0294 e. The summed E-state index contributed by atoms with van der Waals surface area (Å²) >= 11 is 0. The summed E-state index contributed by atoms with van der Waals surface area (Å²) in [6.07, 6.45) is 11.1. The van der Waals surface area contributed by atoms with Gasteiger partial charge in [-0.15, -0.1) is 6.58 Å². The molecule has 0 aliphatic rings. The molecular formula is C19H31N. The van der Waals surface area contributed by atoms with Gasteiger partial charge in [0.05, 0.1) is 0 Å². The molecule has 0 saturated carbocycles. The van der Waals surface area contributed by atoms with E-state index in [9.17, 15) is 0 Å². The molecule has 0 radical (unpaired) electrons. The fourth-order valence-corrected chi connectivity index (χ4v) is 2.66.